The maximum atomic E-state index is 13.5. The van der Waals surface area contributed by atoms with Crippen LogP contribution in [0, 0.1) is 11.6 Å². The van der Waals surface area contributed by atoms with Crippen molar-refractivity contribution in [2.24, 2.45) is 0 Å². The van der Waals surface area contributed by atoms with Crippen LogP contribution in [0.2, 0.25) is 0 Å². The summed E-state index contributed by atoms with van der Waals surface area (Å²) in [6.45, 7) is 2.02. The number of aromatic carboxylic acids is 1. The number of hydrogen-bond acceptors (Lipinski definition) is 1. The van der Waals surface area contributed by atoms with Crippen LogP contribution in [0.1, 0.15) is 17.4 Å². The Hall–Kier alpha value is -1.91. The third-order valence-electron chi connectivity index (χ3n) is 2.45. The number of carboxylic acids is 1. The van der Waals surface area contributed by atoms with Gasteiger partial charge in [-0.2, -0.15) is 0 Å². The minimum atomic E-state index is -1.15. The van der Waals surface area contributed by atoms with Gasteiger partial charge in [-0.1, -0.05) is 0 Å². The molecule has 0 atom stereocenters. The molecule has 0 unspecified atom stereocenters. The highest BCUT2D eigenvalue weighted by molar-refractivity contribution is 5.94. The molecule has 1 aromatic carbocycles. The standard InChI is InChI=1S/C11H9F2NO2/c1-2-14-9(11(15)16)4-6-3-7(12)5-8(13)10(6)14/h3-5H,2H2,1H3,(H,15,16). The molecule has 0 radical (unpaired) electrons. The van der Waals surface area contributed by atoms with E-state index >= 15 is 0 Å². The molecule has 0 aliphatic rings. The van der Waals surface area contributed by atoms with Crippen molar-refractivity contribution in [1.29, 1.82) is 0 Å². The fraction of sp³-hybridized carbons (Fsp3) is 0.182. The Bertz CT molecular complexity index is 575. The van der Waals surface area contributed by atoms with Crippen LogP contribution in [0.4, 0.5) is 8.78 Å². The van der Waals surface area contributed by atoms with Gasteiger partial charge in [0.1, 0.15) is 17.3 Å². The lowest BCUT2D eigenvalue weighted by Crippen LogP contribution is -2.07. The SMILES string of the molecule is CCn1c(C(=O)O)cc2cc(F)cc(F)c21. The number of aromatic nitrogens is 1. The Morgan fingerprint density at radius 3 is 2.62 bits per heavy atom. The van der Waals surface area contributed by atoms with E-state index in [0.717, 1.165) is 12.1 Å². The number of halogens is 2. The summed E-state index contributed by atoms with van der Waals surface area (Å²) in [7, 11) is 0. The third-order valence-corrected chi connectivity index (χ3v) is 2.45. The minimum Gasteiger partial charge on any atom is -0.477 e. The van der Waals surface area contributed by atoms with E-state index < -0.39 is 17.6 Å². The molecule has 16 heavy (non-hydrogen) atoms. The van der Waals surface area contributed by atoms with Gasteiger partial charge in [0.05, 0.1) is 5.52 Å². The molecule has 5 heteroatoms. The number of aryl methyl sites for hydroxylation is 1. The van der Waals surface area contributed by atoms with E-state index in [2.05, 4.69) is 0 Å². The Balaban J connectivity index is 2.87. The van der Waals surface area contributed by atoms with Crippen molar-refractivity contribution in [2.45, 2.75) is 13.5 Å². The van der Waals surface area contributed by atoms with Gasteiger partial charge in [-0.3, -0.25) is 0 Å². The van der Waals surface area contributed by atoms with E-state index in [9.17, 15) is 13.6 Å². The average molecular weight is 225 g/mol. The monoisotopic (exact) mass is 225 g/mol. The number of nitrogens with zero attached hydrogens (tertiary/aromatic N) is 1. The highest BCUT2D eigenvalue weighted by Gasteiger charge is 2.17. The van der Waals surface area contributed by atoms with Crippen LogP contribution >= 0.6 is 0 Å². The first-order valence-electron chi connectivity index (χ1n) is 4.76. The molecule has 0 saturated carbocycles. The van der Waals surface area contributed by atoms with Crippen LogP contribution in [0.5, 0.6) is 0 Å². The van der Waals surface area contributed by atoms with Crippen molar-refractivity contribution < 1.29 is 18.7 Å². The third kappa shape index (κ3) is 1.44. The van der Waals surface area contributed by atoms with E-state index in [-0.39, 0.29) is 16.6 Å². The van der Waals surface area contributed by atoms with Crippen molar-refractivity contribution >= 4 is 16.9 Å². The summed E-state index contributed by atoms with van der Waals surface area (Å²) in [4.78, 5) is 10.9. The zero-order valence-electron chi connectivity index (χ0n) is 8.50. The van der Waals surface area contributed by atoms with E-state index in [1.165, 1.54) is 10.6 Å². The first-order valence-corrected chi connectivity index (χ1v) is 4.76. The first-order chi connectivity index (χ1) is 7.54. The molecule has 1 aromatic heterocycles. The molecule has 0 aliphatic carbocycles. The summed E-state index contributed by atoms with van der Waals surface area (Å²) in [5.74, 6) is -2.61. The molecule has 1 N–H and O–H groups in total. The predicted molar refractivity (Wildman–Crippen MR) is 54.5 cm³/mol. The van der Waals surface area contributed by atoms with Gasteiger partial charge in [0.15, 0.2) is 0 Å². The number of rotatable bonds is 2. The molecule has 84 valence electrons. The molecule has 2 aromatic rings. The summed E-state index contributed by atoms with van der Waals surface area (Å²) in [5.41, 5.74) is 0.0864. The first kappa shape index (κ1) is 10.6. The van der Waals surface area contributed by atoms with Crippen molar-refractivity contribution in [2.75, 3.05) is 0 Å². The molecule has 0 amide bonds. The van der Waals surface area contributed by atoms with E-state index in [1.807, 2.05) is 0 Å². The van der Waals surface area contributed by atoms with Crippen molar-refractivity contribution in [3.63, 3.8) is 0 Å². The Kier molecular flexibility index (Phi) is 2.38. The minimum absolute atomic E-state index is 0.0398. The second-order valence-electron chi connectivity index (χ2n) is 3.40. The van der Waals surface area contributed by atoms with E-state index in [4.69, 9.17) is 5.11 Å². The van der Waals surface area contributed by atoms with Crippen LogP contribution < -0.4 is 0 Å². The Morgan fingerprint density at radius 1 is 1.38 bits per heavy atom. The van der Waals surface area contributed by atoms with Crippen molar-refractivity contribution in [3.8, 4) is 0 Å². The van der Waals surface area contributed by atoms with E-state index in [0.29, 0.717) is 6.54 Å². The van der Waals surface area contributed by atoms with Gasteiger partial charge < -0.3 is 9.67 Å². The lowest BCUT2D eigenvalue weighted by atomic mass is 10.2. The lowest BCUT2D eigenvalue weighted by Gasteiger charge is -2.04. The molecular formula is C11H9F2NO2. The van der Waals surface area contributed by atoms with Crippen molar-refractivity contribution in [1.82, 2.24) is 4.57 Å². The normalized spacial score (nSPS) is 10.9. The van der Waals surface area contributed by atoms with Gasteiger partial charge in [0.2, 0.25) is 0 Å². The summed E-state index contributed by atoms with van der Waals surface area (Å²) < 4.78 is 27.8. The fourth-order valence-electron chi connectivity index (χ4n) is 1.83. The van der Waals surface area contributed by atoms with Crippen molar-refractivity contribution in [3.05, 3.63) is 35.5 Å². The summed E-state index contributed by atoms with van der Waals surface area (Å²) in [6.07, 6.45) is 0. The predicted octanol–water partition coefficient (Wildman–Crippen LogP) is 2.64. The van der Waals surface area contributed by atoms with Crippen LogP contribution in [0.25, 0.3) is 10.9 Å². The smallest absolute Gasteiger partial charge is 0.352 e. The maximum Gasteiger partial charge on any atom is 0.352 e. The number of fused-ring (bicyclic) bond motifs is 1. The van der Waals surface area contributed by atoms with Gasteiger partial charge in [-0.15, -0.1) is 0 Å². The molecule has 0 bridgehead atoms. The summed E-state index contributed by atoms with van der Waals surface area (Å²) >= 11 is 0. The van der Waals surface area contributed by atoms with Crippen LogP contribution in [-0.4, -0.2) is 15.6 Å². The van der Waals surface area contributed by atoms with Gasteiger partial charge in [0, 0.05) is 18.0 Å². The van der Waals surface area contributed by atoms with Gasteiger partial charge in [-0.25, -0.2) is 13.6 Å². The number of carboxylic acid groups (broad SMARTS) is 1. The van der Waals surface area contributed by atoms with Gasteiger partial charge >= 0.3 is 5.97 Å². The number of carbonyl (C=O) groups is 1. The fourth-order valence-corrected chi connectivity index (χ4v) is 1.83. The zero-order valence-corrected chi connectivity index (χ0v) is 8.50. The van der Waals surface area contributed by atoms with Crippen LogP contribution in [0.15, 0.2) is 18.2 Å². The highest BCUT2D eigenvalue weighted by atomic mass is 19.1. The molecule has 0 spiro atoms. The summed E-state index contributed by atoms with van der Waals surface area (Å²) in [6, 6.07) is 3.14. The second kappa shape index (κ2) is 3.59. The second-order valence-corrected chi connectivity index (χ2v) is 3.40. The number of benzene rings is 1. The molecule has 2 rings (SSSR count). The molecule has 0 fully saturated rings. The van der Waals surface area contributed by atoms with E-state index in [1.54, 1.807) is 6.92 Å². The quantitative estimate of drug-likeness (QED) is 0.853. The molecule has 0 saturated heterocycles. The lowest BCUT2D eigenvalue weighted by molar-refractivity contribution is 0.0686. The summed E-state index contributed by atoms with van der Waals surface area (Å²) in [5, 5.41) is 9.18. The maximum absolute atomic E-state index is 13.5. The van der Waals surface area contributed by atoms with Crippen LogP contribution in [0.3, 0.4) is 0 Å². The molecule has 1 heterocycles. The van der Waals surface area contributed by atoms with Gasteiger partial charge in [-0.05, 0) is 19.1 Å². The van der Waals surface area contributed by atoms with Crippen LogP contribution in [-0.2, 0) is 6.54 Å². The molecule has 0 aliphatic heterocycles. The highest BCUT2D eigenvalue weighted by Crippen LogP contribution is 2.24. The number of hydrogen-bond donors (Lipinski definition) is 1. The largest absolute Gasteiger partial charge is 0.477 e. The average Bonchev–Trinajstić information content (AvgIpc) is 2.56. The topological polar surface area (TPSA) is 42.2 Å². The molecular weight excluding hydrogens is 216 g/mol. The Morgan fingerprint density at radius 2 is 2.06 bits per heavy atom. The zero-order chi connectivity index (χ0) is 11.9. The van der Waals surface area contributed by atoms with Gasteiger partial charge in [0.25, 0.3) is 0 Å². The Labute approximate surface area is 89.9 Å². The molecule has 3 nitrogen and oxygen atoms in total.